The molecule has 4 rings (SSSR count). The third-order valence-electron chi connectivity index (χ3n) is 4.35. The van der Waals surface area contributed by atoms with Crippen LogP contribution >= 0.6 is 35.1 Å². The van der Waals surface area contributed by atoms with Gasteiger partial charge in [0.15, 0.2) is 5.13 Å². The molecule has 0 saturated carbocycles. The van der Waals surface area contributed by atoms with E-state index in [1.54, 1.807) is 29.8 Å². The Bertz CT molecular complexity index is 1090. The average Bonchev–Trinajstić information content (AvgIpc) is 3.24. The minimum atomic E-state index is -0.667. The van der Waals surface area contributed by atoms with Crippen LogP contribution < -0.4 is 11.1 Å². The van der Waals surface area contributed by atoms with E-state index < -0.39 is 11.9 Å². The number of hydrogen-bond acceptors (Lipinski definition) is 11. The van der Waals surface area contributed by atoms with E-state index in [2.05, 4.69) is 24.8 Å². The van der Waals surface area contributed by atoms with Crippen molar-refractivity contribution < 1.29 is 14.4 Å². The fraction of sp³-hybridized carbons (Fsp3) is 0.263. The molecule has 0 aromatic carbocycles. The van der Waals surface area contributed by atoms with E-state index in [4.69, 9.17) is 10.6 Å². The highest BCUT2D eigenvalue weighted by Crippen LogP contribution is 2.36. The number of rotatable bonds is 8. The van der Waals surface area contributed by atoms with Crippen LogP contribution in [-0.2, 0) is 14.4 Å². The zero-order valence-corrected chi connectivity index (χ0v) is 19.3. The minimum absolute atomic E-state index is 0.0658. The van der Waals surface area contributed by atoms with Gasteiger partial charge >= 0.3 is 0 Å². The van der Waals surface area contributed by atoms with Crippen LogP contribution in [0, 0.1) is 0 Å². The number of nitrogens with zero attached hydrogens (tertiary/aromatic N) is 5. The lowest BCUT2D eigenvalue weighted by molar-refractivity contribution is -0.143. The van der Waals surface area contributed by atoms with E-state index in [1.807, 2.05) is 35.9 Å². The molecular formula is C19H19N7O3S3. The maximum Gasteiger partial charge on any atom is 0.278 e. The standard InChI is InChI=1S/C19H19N7O3S3/c1-2-29-24-13(15-23-19(20)32-25-15)16(27)22-14-17(28)26-9-11(10-31-18(14)26)6-8-30-12-5-3-4-7-21-12/h3-9,14,18H,2,10H2,1H3,(H,22,27)(H2,20,23,25)/t14?,18-/m0/s1. The Morgan fingerprint density at radius 1 is 1.50 bits per heavy atom. The van der Waals surface area contributed by atoms with Gasteiger partial charge in [-0.1, -0.05) is 23.0 Å². The lowest BCUT2D eigenvalue weighted by Gasteiger charge is -2.47. The topological polar surface area (TPSA) is 136 Å². The lowest BCUT2D eigenvalue weighted by atomic mass is 10.1. The summed E-state index contributed by atoms with van der Waals surface area (Å²) in [6, 6.07) is 5.06. The number of oxime groups is 1. The van der Waals surface area contributed by atoms with Gasteiger partial charge in [0.1, 0.15) is 23.0 Å². The van der Waals surface area contributed by atoms with E-state index >= 15 is 0 Å². The first-order chi connectivity index (χ1) is 15.6. The summed E-state index contributed by atoms with van der Waals surface area (Å²) in [5.41, 5.74) is 6.50. The number of β-lactam (4-membered cyclic amide) rings is 1. The molecular weight excluding hydrogens is 470 g/mol. The second-order valence-corrected chi connectivity index (χ2v) is 9.32. The van der Waals surface area contributed by atoms with E-state index in [-0.39, 0.29) is 34.6 Å². The van der Waals surface area contributed by atoms with Crippen LogP contribution in [-0.4, -0.2) is 60.5 Å². The number of anilines is 1. The number of carbonyl (C=O) groups excluding carboxylic acids is 2. The molecule has 32 heavy (non-hydrogen) atoms. The van der Waals surface area contributed by atoms with Crippen molar-refractivity contribution in [1.29, 1.82) is 0 Å². The Morgan fingerprint density at radius 3 is 3.09 bits per heavy atom. The van der Waals surface area contributed by atoms with Gasteiger partial charge in [-0.2, -0.15) is 9.36 Å². The van der Waals surface area contributed by atoms with Gasteiger partial charge in [-0.05, 0) is 36.1 Å². The SMILES string of the molecule is CCON=C(C(=O)NC1C(=O)N2C=C(C=CSc3ccccn3)CS[C@@H]12)c1nsc(N)n1. The smallest absolute Gasteiger partial charge is 0.278 e. The van der Waals surface area contributed by atoms with Crippen LogP contribution in [0.5, 0.6) is 0 Å². The first-order valence-corrected chi connectivity index (χ1v) is 12.3. The number of pyridine rings is 1. The number of thioether (sulfide) groups is 2. The fourth-order valence-corrected chi connectivity index (χ4v) is 5.22. The van der Waals surface area contributed by atoms with Crippen molar-refractivity contribution in [3.8, 4) is 0 Å². The maximum atomic E-state index is 12.8. The van der Waals surface area contributed by atoms with Gasteiger partial charge in [0.2, 0.25) is 11.5 Å². The molecule has 2 atom stereocenters. The molecule has 1 unspecified atom stereocenters. The summed E-state index contributed by atoms with van der Waals surface area (Å²) in [5, 5.41) is 9.40. The number of carbonyl (C=O) groups is 2. The number of allylic oxidation sites excluding steroid dienone is 1. The largest absolute Gasteiger partial charge is 0.395 e. The number of amides is 2. The monoisotopic (exact) mass is 489 g/mol. The molecule has 1 saturated heterocycles. The summed E-state index contributed by atoms with van der Waals surface area (Å²) < 4.78 is 4.01. The van der Waals surface area contributed by atoms with Crippen LogP contribution in [0.1, 0.15) is 12.7 Å². The number of nitrogens with one attached hydrogen (secondary N) is 1. The zero-order valence-electron chi connectivity index (χ0n) is 16.9. The molecule has 166 valence electrons. The molecule has 10 nitrogen and oxygen atoms in total. The molecule has 2 aromatic rings. The van der Waals surface area contributed by atoms with Gasteiger partial charge < -0.3 is 20.8 Å². The van der Waals surface area contributed by atoms with E-state index in [9.17, 15) is 9.59 Å². The first kappa shape index (κ1) is 22.3. The van der Waals surface area contributed by atoms with Crippen molar-refractivity contribution in [2.45, 2.75) is 23.4 Å². The highest BCUT2D eigenvalue weighted by atomic mass is 32.2. The molecule has 1 fully saturated rings. The molecule has 2 aromatic heterocycles. The number of nitrogens with two attached hydrogens (primary N) is 1. The molecule has 0 bridgehead atoms. The van der Waals surface area contributed by atoms with E-state index in [1.165, 1.54) is 11.8 Å². The van der Waals surface area contributed by atoms with Crippen molar-refractivity contribution in [3.05, 3.63) is 53.5 Å². The summed E-state index contributed by atoms with van der Waals surface area (Å²) >= 11 is 4.03. The van der Waals surface area contributed by atoms with Gasteiger partial charge in [0.05, 0.1) is 0 Å². The van der Waals surface area contributed by atoms with E-state index in [0.29, 0.717) is 5.75 Å². The highest BCUT2D eigenvalue weighted by molar-refractivity contribution is 8.02. The molecule has 2 aliphatic rings. The summed E-state index contributed by atoms with van der Waals surface area (Å²) in [7, 11) is 0. The first-order valence-electron chi connectivity index (χ1n) is 9.56. The fourth-order valence-electron chi connectivity index (χ4n) is 2.88. The second kappa shape index (κ2) is 10.1. The molecule has 0 radical (unpaired) electrons. The number of nitrogen functional groups attached to an aromatic ring is 1. The zero-order chi connectivity index (χ0) is 22.5. The summed E-state index contributed by atoms with van der Waals surface area (Å²) in [6.07, 6.45) is 5.53. The van der Waals surface area contributed by atoms with Crippen molar-refractivity contribution in [3.63, 3.8) is 0 Å². The van der Waals surface area contributed by atoms with Crippen molar-refractivity contribution in [2.24, 2.45) is 5.16 Å². The molecule has 13 heteroatoms. The second-order valence-electron chi connectivity index (χ2n) is 6.50. The van der Waals surface area contributed by atoms with Crippen LogP contribution in [0.25, 0.3) is 0 Å². The number of fused-ring (bicyclic) bond motifs is 1. The molecule has 3 N–H and O–H groups in total. The van der Waals surface area contributed by atoms with Crippen molar-refractivity contribution >= 4 is 57.7 Å². The van der Waals surface area contributed by atoms with Gasteiger partial charge in [0.25, 0.3) is 11.8 Å². The van der Waals surface area contributed by atoms with Gasteiger partial charge in [-0.25, -0.2) is 4.98 Å². The molecule has 2 amide bonds. The van der Waals surface area contributed by atoms with Crippen molar-refractivity contribution in [2.75, 3.05) is 18.1 Å². The predicted octanol–water partition coefficient (Wildman–Crippen LogP) is 1.85. The van der Waals surface area contributed by atoms with Gasteiger partial charge in [0, 0.05) is 29.7 Å². The van der Waals surface area contributed by atoms with Crippen LogP contribution in [0.15, 0.2) is 57.8 Å². The third kappa shape index (κ3) is 4.95. The van der Waals surface area contributed by atoms with Crippen LogP contribution in [0.3, 0.4) is 0 Å². The number of aromatic nitrogens is 3. The van der Waals surface area contributed by atoms with Gasteiger partial charge in [-0.15, -0.1) is 11.8 Å². The maximum absolute atomic E-state index is 12.8. The third-order valence-corrected chi connectivity index (χ3v) is 6.99. The normalized spacial score (nSPS) is 20.5. The summed E-state index contributed by atoms with van der Waals surface area (Å²) in [5.74, 6) is -0.00261. The Balaban J connectivity index is 1.38. The van der Waals surface area contributed by atoms with Gasteiger partial charge in [-0.3, -0.25) is 9.59 Å². The predicted molar refractivity (Wildman–Crippen MR) is 125 cm³/mol. The van der Waals surface area contributed by atoms with Crippen LogP contribution in [0.4, 0.5) is 5.13 Å². The Morgan fingerprint density at radius 2 is 2.38 bits per heavy atom. The summed E-state index contributed by atoms with van der Waals surface area (Å²) in [6.45, 7) is 2.01. The highest BCUT2D eigenvalue weighted by Gasteiger charge is 2.49. The molecule has 0 spiro atoms. The minimum Gasteiger partial charge on any atom is -0.395 e. The quantitative estimate of drug-likeness (QED) is 0.246. The summed E-state index contributed by atoms with van der Waals surface area (Å²) in [4.78, 5) is 40.3. The molecule has 4 heterocycles. The Labute approximate surface area is 196 Å². The lowest BCUT2D eigenvalue weighted by Crippen LogP contribution is -2.69. The Hall–Kier alpha value is -2.90. The van der Waals surface area contributed by atoms with Crippen LogP contribution in [0.2, 0.25) is 0 Å². The Kier molecular flexibility index (Phi) is 7.07. The number of hydrogen-bond donors (Lipinski definition) is 2. The molecule has 2 aliphatic heterocycles. The average molecular weight is 490 g/mol. The van der Waals surface area contributed by atoms with E-state index in [0.717, 1.165) is 22.1 Å². The van der Waals surface area contributed by atoms with Crippen molar-refractivity contribution in [1.82, 2.24) is 24.6 Å². The molecule has 0 aliphatic carbocycles.